The minimum Gasteiger partial charge on any atom is -0.446 e. The van der Waals surface area contributed by atoms with Gasteiger partial charge in [-0.15, -0.1) is 0 Å². The van der Waals surface area contributed by atoms with E-state index in [0.29, 0.717) is 5.09 Å². The molecule has 0 N–H and O–H groups in total. The lowest BCUT2D eigenvalue weighted by Gasteiger charge is -1.99. The molecular formula is C12H8F2O2S. The fourth-order valence-electron chi connectivity index (χ4n) is 1.23. The molecule has 0 radical (unpaired) electrons. The first-order valence-corrected chi connectivity index (χ1v) is 5.61. The van der Waals surface area contributed by atoms with Crippen molar-refractivity contribution in [3.05, 3.63) is 47.7 Å². The fraction of sp³-hybridized carbons (Fsp3) is 0.0833. The maximum atomic E-state index is 13.3. The van der Waals surface area contributed by atoms with E-state index < -0.39 is 11.6 Å². The first-order chi connectivity index (χ1) is 8.06. The molecule has 2 aromatic rings. The van der Waals surface area contributed by atoms with Gasteiger partial charge in [0, 0.05) is 13.0 Å². The van der Waals surface area contributed by atoms with E-state index >= 15 is 0 Å². The minimum absolute atomic E-state index is 0.198. The Morgan fingerprint density at radius 1 is 1.24 bits per heavy atom. The second kappa shape index (κ2) is 4.71. The number of halogens is 2. The Labute approximate surface area is 101 Å². The molecule has 0 aliphatic carbocycles. The number of benzene rings is 1. The van der Waals surface area contributed by atoms with Gasteiger partial charge in [-0.05, 0) is 36.0 Å². The SMILES string of the molecule is CC(=O)c1ccc(Sc2ccc(F)cc2F)o1. The molecule has 88 valence electrons. The summed E-state index contributed by atoms with van der Waals surface area (Å²) in [6.07, 6.45) is 0. The largest absolute Gasteiger partial charge is 0.446 e. The molecule has 0 unspecified atom stereocenters. The van der Waals surface area contributed by atoms with Crippen molar-refractivity contribution in [1.82, 2.24) is 0 Å². The smallest absolute Gasteiger partial charge is 0.194 e. The van der Waals surface area contributed by atoms with Gasteiger partial charge in [-0.2, -0.15) is 0 Å². The Hall–Kier alpha value is -1.62. The van der Waals surface area contributed by atoms with E-state index in [1.54, 1.807) is 6.07 Å². The van der Waals surface area contributed by atoms with Gasteiger partial charge in [0.15, 0.2) is 16.6 Å². The average molecular weight is 254 g/mol. The third-order valence-corrected chi connectivity index (χ3v) is 3.00. The predicted octanol–water partition coefficient (Wildman–Crippen LogP) is 3.91. The second-order valence-electron chi connectivity index (χ2n) is 3.35. The summed E-state index contributed by atoms with van der Waals surface area (Å²) in [5, 5.41) is 0.390. The van der Waals surface area contributed by atoms with E-state index in [0.717, 1.165) is 17.8 Å². The van der Waals surface area contributed by atoms with Crippen LogP contribution >= 0.6 is 11.8 Å². The van der Waals surface area contributed by atoms with E-state index in [9.17, 15) is 13.6 Å². The third kappa shape index (κ3) is 2.74. The number of hydrogen-bond acceptors (Lipinski definition) is 3. The van der Waals surface area contributed by atoms with Crippen molar-refractivity contribution in [3.8, 4) is 0 Å². The topological polar surface area (TPSA) is 30.2 Å². The van der Waals surface area contributed by atoms with Crippen LogP contribution in [0.1, 0.15) is 17.5 Å². The molecule has 1 aromatic heterocycles. The number of hydrogen-bond donors (Lipinski definition) is 0. The van der Waals surface area contributed by atoms with Crippen LogP contribution in [0.15, 0.2) is 44.7 Å². The summed E-state index contributed by atoms with van der Waals surface area (Å²) in [7, 11) is 0. The van der Waals surface area contributed by atoms with Gasteiger partial charge in [-0.1, -0.05) is 0 Å². The number of carbonyl (C=O) groups is 1. The zero-order chi connectivity index (χ0) is 12.4. The summed E-state index contributed by atoms with van der Waals surface area (Å²) in [6, 6.07) is 6.39. The lowest BCUT2D eigenvalue weighted by molar-refractivity contribution is 0.0982. The standard InChI is InChI=1S/C12H8F2O2S/c1-7(15)10-3-5-12(16-10)17-11-4-2-8(13)6-9(11)14/h2-6H,1H3. The summed E-state index contributed by atoms with van der Waals surface area (Å²) in [5.41, 5.74) is 0. The molecule has 1 aromatic carbocycles. The van der Waals surface area contributed by atoms with Crippen molar-refractivity contribution >= 4 is 17.5 Å². The van der Waals surface area contributed by atoms with Gasteiger partial charge in [0.2, 0.25) is 0 Å². The normalized spacial score (nSPS) is 10.5. The summed E-state index contributed by atoms with van der Waals surface area (Å²) in [5.74, 6) is -1.27. The molecule has 0 spiro atoms. The molecule has 0 atom stereocenters. The molecule has 0 amide bonds. The van der Waals surface area contributed by atoms with E-state index in [4.69, 9.17) is 4.42 Å². The van der Waals surface area contributed by atoms with Gasteiger partial charge in [-0.25, -0.2) is 8.78 Å². The van der Waals surface area contributed by atoms with Gasteiger partial charge in [0.05, 0.1) is 4.90 Å². The molecule has 17 heavy (non-hydrogen) atoms. The molecule has 2 nitrogen and oxygen atoms in total. The Kier molecular flexibility index (Phi) is 3.28. The van der Waals surface area contributed by atoms with E-state index in [-0.39, 0.29) is 16.4 Å². The van der Waals surface area contributed by atoms with Crippen LogP contribution in [-0.2, 0) is 0 Å². The minimum atomic E-state index is -0.657. The van der Waals surface area contributed by atoms with Crippen molar-refractivity contribution in [2.45, 2.75) is 16.9 Å². The molecule has 1 heterocycles. The first-order valence-electron chi connectivity index (χ1n) is 4.80. The highest BCUT2D eigenvalue weighted by molar-refractivity contribution is 7.99. The number of carbonyl (C=O) groups excluding carboxylic acids is 1. The molecular weight excluding hydrogens is 246 g/mol. The molecule has 0 fully saturated rings. The predicted molar refractivity (Wildman–Crippen MR) is 59.2 cm³/mol. The van der Waals surface area contributed by atoms with Crippen molar-refractivity contribution in [1.29, 1.82) is 0 Å². The van der Waals surface area contributed by atoms with Crippen LogP contribution < -0.4 is 0 Å². The monoisotopic (exact) mass is 254 g/mol. The molecule has 2 rings (SSSR count). The quantitative estimate of drug-likeness (QED) is 0.778. The number of furan rings is 1. The lowest BCUT2D eigenvalue weighted by atomic mass is 10.3. The second-order valence-corrected chi connectivity index (χ2v) is 4.40. The van der Waals surface area contributed by atoms with Crippen LogP contribution in [0.2, 0.25) is 0 Å². The van der Waals surface area contributed by atoms with E-state index in [1.807, 2.05) is 0 Å². The molecule has 0 aliphatic rings. The number of rotatable bonds is 3. The highest BCUT2D eigenvalue weighted by Crippen LogP contribution is 2.31. The summed E-state index contributed by atoms with van der Waals surface area (Å²) >= 11 is 1.00. The van der Waals surface area contributed by atoms with Gasteiger partial charge in [0.25, 0.3) is 0 Å². The Balaban J connectivity index is 2.22. The highest BCUT2D eigenvalue weighted by Gasteiger charge is 2.10. The van der Waals surface area contributed by atoms with Crippen LogP contribution in [-0.4, -0.2) is 5.78 Å². The maximum absolute atomic E-state index is 13.3. The van der Waals surface area contributed by atoms with Crippen LogP contribution in [0.25, 0.3) is 0 Å². The van der Waals surface area contributed by atoms with E-state index in [1.165, 1.54) is 25.1 Å². The highest BCUT2D eigenvalue weighted by atomic mass is 32.2. The molecule has 0 aliphatic heterocycles. The van der Waals surface area contributed by atoms with Crippen LogP contribution in [0.3, 0.4) is 0 Å². The van der Waals surface area contributed by atoms with Crippen molar-refractivity contribution in [2.24, 2.45) is 0 Å². The Morgan fingerprint density at radius 3 is 2.59 bits per heavy atom. The van der Waals surface area contributed by atoms with Crippen molar-refractivity contribution < 1.29 is 18.0 Å². The van der Waals surface area contributed by atoms with Crippen LogP contribution in [0.5, 0.6) is 0 Å². The molecule has 0 saturated carbocycles. The third-order valence-electron chi connectivity index (χ3n) is 2.03. The lowest BCUT2D eigenvalue weighted by Crippen LogP contribution is -1.86. The zero-order valence-electron chi connectivity index (χ0n) is 8.87. The van der Waals surface area contributed by atoms with Crippen molar-refractivity contribution in [2.75, 3.05) is 0 Å². The van der Waals surface area contributed by atoms with Crippen LogP contribution in [0.4, 0.5) is 8.78 Å². The van der Waals surface area contributed by atoms with Gasteiger partial charge in [-0.3, -0.25) is 4.79 Å². The zero-order valence-corrected chi connectivity index (χ0v) is 9.68. The van der Waals surface area contributed by atoms with Gasteiger partial charge >= 0.3 is 0 Å². The summed E-state index contributed by atoms with van der Waals surface area (Å²) < 4.78 is 31.2. The Morgan fingerprint density at radius 2 is 2.00 bits per heavy atom. The van der Waals surface area contributed by atoms with Gasteiger partial charge in [0.1, 0.15) is 11.6 Å². The maximum Gasteiger partial charge on any atom is 0.194 e. The Bertz CT molecular complexity index is 563. The number of Topliss-reactive ketones (excluding diaryl/α,β-unsaturated/α-hetero) is 1. The summed E-state index contributed by atoms with van der Waals surface area (Å²) in [6.45, 7) is 1.38. The molecule has 5 heteroatoms. The van der Waals surface area contributed by atoms with E-state index in [2.05, 4.69) is 0 Å². The van der Waals surface area contributed by atoms with Gasteiger partial charge < -0.3 is 4.42 Å². The average Bonchev–Trinajstić information content (AvgIpc) is 2.71. The first kappa shape index (κ1) is 11.9. The van der Waals surface area contributed by atoms with Crippen LogP contribution in [0, 0.1) is 11.6 Å². The molecule has 0 bridgehead atoms. The number of ketones is 1. The molecule has 0 saturated heterocycles. The van der Waals surface area contributed by atoms with Crippen molar-refractivity contribution in [3.63, 3.8) is 0 Å². The fourth-order valence-corrected chi connectivity index (χ4v) is 2.01. The summed E-state index contributed by atoms with van der Waals surface area (Å²) in [4.78, 5) is 11.2.